The predicted octanol–water partition coefficient (Wildman–Crippen LogP) is 4.69. The average molecular weight is 510 g/mol. The van der Waals surface area contributed by atoms with Crippen LogP contribution in [0.5, 0.6) is 0 Å². The molecule has 0 bridgehead atoms. The number of halogens is 2. The van der Waals surface area contributed by atoms with Crippen molar-refractivity contribution >= 4 is 34.7 Å². The highest BCUT2D eigenvalue weighted by Gasteiger charge is 2.51. The lowest BCUT2D eigenvalue weighted by atomic mass is 9.79. The number of anilines is 4. The van der Waals surface area contributed by atoms with Gasteiger partial charge >= 0.3 is 0 Å². The zero-order valence-electron chi connectivity index (χ0n) is 20.1. The van der Waals surface area contributed by atoms with E-state index in [-0.39, 0.29) is 36.0 Å². The van der Waals surface area contributed by atoms with Crippen molar-refractivity contribution < 1.29 is 18.4 Å². The summed E-state index contributed by atoms with van der Waals surface area (Å²) in [5.74, 6) is -1.60. The summed E-state index contributed by atoms with van der Waals surface area (Å²) in [6.07, 6.45) is 4.65. The van der Waals surface area contributed by atoms with Gasteiger partial charge in [0, 0.05) is 41.4 Å². The van der Waals surface area contributed by atoms with Crippen LogP contribution in [0.1, 0.15) is 32.7 Å². The first-order valence-corrected chi connectivity index (χ1v) is 12.3. The first-order valence-electron chi connectivity index (χ1n) is 12.3. The summed E-state index contributed by atoms with van der Waals surface area (Å²) in [6, 6.07) is 15.7. The third-order valence-corrected chi connectivity index (χ3v) is 7.74. The normalized spacial score (nSPS) is 18.8. The summed E-state index contributed by atoms with van der Waals surface area (Å²) in [5, 5.41) is 6.25. The van der Waals surface area contributed by atoms with Crippen LogP contribution < -0.4 is 15.5 Å². The Bertz CT molecular complexity index is 1670. The van der Waals surface area contributed by atoms with Crippen molar-refractivity contribution in [3.05, 3.63) is 107 Å². The lowest BCUT2D eigenvalue weighted by Crippen LogP contribution is -2.35. The molecule has 1 atom stereocenters. The Morgan fingerprint density at radius 3 is 2.71 bits per heavy atom. The fourth-order valence-corrected chi connectivity index (χ4v) is 5.90. The Kier molecular flexibility index (Phi) is 4.85. The first-order chi connectivity index (χ1) is 18.4. The van der Waals surface area contributed by atoms with Crippen molar-refractivity contribution in [3.8, 4) is 0 Å². The van der Waals surface area contributed by atoms with Gasteiger partial charge in [0.05, 0.1) is 11.1 Å². The minimum Gasteiger partial charge on any atom is -0.355 e. The maximum absolute atomic E-state index is 14.2. The molecule has 188 valence electrons. The van der Waals surface area contributed by atoms with Crippen LogP contribution in [0.4, 0.5) is 31.7 Å². The van der Waals surface area contributed by atoms with Gasteiger partial charge in [0.1, 0.15) is 11.5 Å². The van der Waals surface area contributed by atoms with E-state index in [0.29, 0.717) is 30.0 Å². The summed E-state index contributed by atoms with van der Waals surface area (Å²) in [6.45, 7) is 0.257. The van der Waals surface area contributed by atoms with E-state index in [1.165, 1.54) is 17.2 Å². The number of carbonyl (C=O) groups excluding carboxylic acids is 2. The summed E-state index contributed by atoms with van der Waals surface area (Å²) < 4.78 is 27.8. The molecule has 38 heavy (non-hydrogen) atoms. The maximum atomic E-state index is 14.2. The first kappa shape index (κ1) is 22.5. The molecule has 3 aliphatic rings. The van der Waals surface area contributed by atoms with Crippen molar-refractivity contribution in [1.82, 2.24) is 9.97 Å². The zero-order valence-corrected chi connectivity index (χ0v) is 20.1. The minimum atomic E-state index is -0.919. The summed E-state index contributed by atoms with van der Waals surface area (Å²) in [4.78, 5) is 36.2. The fraction of sp³-hybridized carbons (Fsp3) is 0.172. The molecule has 7 nitrogen and oxygen atoms in total. The molecule has 0 fully saturated rings. The van der Waals surface area contributed by atoms with Gasteiger partial charge in [-0.05, 0) is 72.9 Å². The fourth-order valence-electron chi connectivity index (χ4n) is 5.90. The molecule has 2 amide bonds. The number of pyridine rings is 2. The maximum Gasteiger partial charge on any atom is 0.276 e. The summed E-state index contributed by atoms with van der Waals surface area (Å²) in [5.41, 5.74) is 4.73. The largest absolute Gasteiger partial charge is 0.355 e. The van der Waals surface area contributed by atoms with Gasteiger partial charge in [0.25, 0.3) is 5.91 Å². The lowest BCUT2D eigenvalue weighted by molar-refractivity contribution is -0.120. The number of fused-ring (bicyclic) bond motifs is 4. The number of hydrogen-bond acceptors (Lipinski definition) is 5. The number of rotatable bonds is 3. The van der Waals surface area contributed by atoms with E-state index in [4.69, 9.17) is 0 Å². The number of nitrogens with one attached hydrogen (secondary N) is 2. The minimum absolute atomic E-state index is 0.0275. The number of amides is 2. The molecule has 1 spiro atoms. The molecule has 2 aliphatic heterocycles. The molecule has 1 aliphatic carbocycles. The molecular formula is C29H21F2N5O2. The number of carbonyl (C=O) groups is 2. The monoisotopic (exact) mass is 509 g/mol. The molecule has 9 heteroatoms. The quantitative estimate of drug-likeness (QED) is 0.419. The van der Waals surface area contributed by atoms with E-state index in [1.807, 2.05) is 30.3 Å². The third kappa shape index (κ3) is 3.31. The molecule has 2 aromatic heterocycles. The van der Waals surface area contributed by atoms with Crippen LogP contribution >= 0.6 is 0 Å². The Hall–Kier alpha value is -4.66. The van der Waals surface area contributed by atoms with E-state index < -0.39 is 17.0 Å². The van der Waals surface area contributed by atoms with Crippen LogP contribution in [-0.2, 0) is 29.5 Å². The Morgan fingerprint density at radius 1 is 0.974 bits per heavy atom. The third-order valence-electron chi connectivity index (χ3n) is 7.74. The van der Waals surface area contributed by atoms with Gasteiger partial charge in [-0.25, -0.2) is 13.8 Å². The predicted molar refractivity (Wildman–Crippen MR) is 138 cm³/mol. The number of hydrogen-bond donors (Lipinski definition) is 2. The molecule has 4 aromatic rings. The van der Waals surface area contributed by atoms with Gasteiger partial charge in [-0.1, -0.05) is 12.1 Å². The number of benzene rings is 2. The highest BCUT2D eigenvalue weighted by Crippen LogP contribution is 2.47. The highest BCUT2D eigenvalue weighted by atomic mass is 19.2. The van der Waals surface area contributed by atoms with Gasteiger partial charge in [0.15, 0.2) is 11.6 Å². The second-order valence-electron chi connectivity index (χ2n) is 9.89. The van der Waals surface area contributed by atoms with Crippen molar-refractivity contribution in [2.45, 2.75) is 24.7 Å². The summed E-state index contributed by atoms with van der Waals surface area (Å²) >= 11 is 0. The van der Waals surface area contributed by atoms with Gasteiger partial charge in [-0.2, -0.15) is 0 Å². The van der Waals surface area contributed by atoms with Crippen LogP contribution in [0.15, 0.2) is 67.0 Å². The van der Waals surface area contributed by atoms with Gasteiger partial charge in [-0.15, -0.1) is 0 Å². The Labute approximate surface area is 216 Å². The topological polar surface area (TPSA) is 87.2 Å². The molecular weight excluding hydrogens is 488 g/mol. The SMILES string of the molecule is O=C(c1cc(Nc2ccc3c(c2)CC2(C3)C(=O)Nc3ncccc32)ccn1)N1CCc2c1ccc(F)c2F. The van der Waals surface area contributed by atoms with E-state index in [2.05, 4.69) is 20.6 Å². The van der Waals surface area contributed by atoms with Crippen LogP contribution in [0.3, 0.4) is 0 Å². The van der Waals surface area contributed by atoms with Crippen LogP contribution in [-0.4, -0.2) is 28.3 Å². The van der Waals surface area contributed by atoms with Gasteiger partial charge in [-0.3, -0.25) is 14.6 Å². The Balaban J connectivity index is 1.13. The van der Waals surface area contributed by atoms with E-state index in [0.717, 1.165) is 28.4 Å². The zero-order chi connectivity index (χ0) is 26.0. The highest BCUT2D eigenvalue weighted by molar-refractivity contribution is 6.07. The van der Waals surface area contributed by atoms with E-state index >= 15 is 0 Å². The molecule has 0 radical (unpaired) electrons. The van der Waals surface area contributed by atoms with Crippen molar-refractivity contribution in [3.63, 3.8) is 0 Å². The van der Waals surface area contributed by atoms with Crippen molar-refractivity contribution in [1.29, 1.82) is 0 Å². The number of nitrogens with zero attached hydrogens (tertiary/aromatic N) is 3. The molecule has 2 aromatic carbocycles. The second-order valence-corrected chi connectivity index (χ2v) is 9.89. The molecule has 4 heterocycles. The van der Waals surface area contributed by atoms with Crippen LogP contribution in [0, 0.1) is 11.6 Å². The van der Waals surface area contributed by atoms with Crippen molar-refractivity contribution in [2.75, 3.05) is 22.1 Å². The number of aromatic nitrogens is 2. The Morgan fingerprint density at radius 2 is 1.82 bits per heavy atom. The van der Waals surface area contributed by atoms with Crippen molar-refractivity contribution in [2.24, 2.45) is 0 Å². The van der Waals surface area contributed by atoms with Gasteiger partial charge in [0.2, 0.25) is 5.91 Å². The van der Waals surface area contributed by atoms with Crippen LogP contribution in [0.2, 0.25) is 0 Å². The van der Waals surface area contributed by atoms with Crippen LogP contribution in [0.25, 0.3) is 0 Å². The molecule has 7 rings (SSSR count). The standard InChI is InChI=1S/C29H21F2N5O2/c30-22-5-6-24-20(25(22)31)8-11-36(24)27(37)23-13-19(7-10-32-23)34-18-4-3-16-14-29(15-17(16)12-18)21-2-1-9-33-26(21)35-28(29)38/h1-7,9-10,12-13H,8,11,14-15H2,(H,32,34)(H,33,35,38). The van der Waals surface area contributed by atoms with E-state index in [1.54, 1.807) is 18.3 Å². The second kappa shape index (κ2) is 8.17. The smallest absolute Gasteiger partial charge is 0.276 e. The lowest BCUT2D eigenvalue weighted by Gasteiger charge is -2.20. The average Bonchev–Trinajstić information content (AvgIpc) is 3.60. The molecule has 0 saturated heterocycles. The van der Waals surface area contributed by atoms with E-state index in [9.17, 15) is 18.4 Å². The molecule has 1 unspecified atom stereocenters. The molecule has 0 saturated carbocycles. The van der Waals surface area contributed by atoms with Gasteiger partial charge < -0.3 is 15.5 Å². The summed E-state index contributed by atoms with van der Waals surface area (Å²) in [7, 11) is 0. The molecule has 2 N–H and O–H groups in total.